The van der Waals surface area contributed by atoms with Crippen molar-refractivity contribution < 1.29 is 23.4 Å². The molecule has 2 heterocycles. The molecule has 1 aromatic heterocycles. The number of rotatable bonds is 5. The number of hydrogen-bond acceptors (Lipinski definition) is 5. The van der Waals surface area contributed by atoms with Crippen molar-refractivity contribution in [3.8, 4) is 28.3 Å². The van der Waals surface area contributed by atoms with E-state index in [0.717, 1.165) is 21.0 Å². The van der Waals surface area contributed by atoms with E-state index in [1.807, 2.05) is 12.1 Å². The number of phenols is 1. The van der Waals surface area contributed by atoms with Crippen LogP contribution in [0.2, 0.25) is 0 Å². The summed E-state index contributed by atoms with van der Waals surface area (Å²) >= 11 is 0. The van der Waals surface area contributed by atoms with Gasteiger partial charge in [0.1, 0.15) is 23.1 Å². The smallest absolute Gasteiger partial charge is 0.322 e. The lowest BCUT2D eigenvalue weighted by atomic mass is 9.99. The molecular formula is C30H27N3O5S. The van der Waals surface area contributed by atoms with Gasteiger partial charge in [-0.25, -0.2) is 13.4 Å². The first-order valence-corrected chi connectivity index (χ1v) is 14.2. The van der Waals surface area contributed by atoms with Crippen LogP contribution in [-0.4, -0.2) is 51.5 Å². The molecule has 0 radical (unpaired) electrons. The van der Waals surface area contributed by atoms with Crippen LogP contribution in [0.25, 0.3) is 44.3 Å². The molecule has 1 fully saturated rings. The zero-order valence-corrected chi connectivity index (χ0v) is 22.3. The van der Waals surface area contributed by atoms with Crippen LogP contribution >= 0.6 is 0 Å². The summed E-state index contributed by atoms with van der Waals surface area (Å²) in [7, 11) is -4.11. The topological polar surface area (TPSA) is 124 Å². The summed E-state index contributed by atoms with van der Waals surface area (Å²) in [5.74, 6) is -0.779. The Bertz CT molecular complexity index is 1890. The Balaban J connectivity index is 1.42. The number of carbonyl (C=O) groups is 1. The van der Waals surface area contributed by atoms with Crippen molar-refractivity contribution in [1.82, 2.24) is 14.3 Å². The highest BCUT2D eigenvalue weighted by molar-refractivity contribution is 7.89. The molecule has 6 rings (SSSR count). The average Bonchev–Trinajstić information content (AvgIpc) is 3.58. The predicted molar refractivity (Wildman–Crippen MR) is 150 cm³/mol. The van der Waals surface area contributed by atoms with E-state index in [9.17, 15) is 23.4 Å². The summed E-state index contributed by atoms with van der Waals surface area (Å²) in [4.78, 5) is 19.6. The van der Waals surface area contributed by atoms with Gasteiger partial charge in [-0.2, -0.15) is 4.31 Å². The molecule has 4 aromatic carbocycles. The number of fused-ring (bicyclic) bond motifs is 3. The molecule has 0 spiro atoms. The maximum atomic E-state index is 13.3. The van der Waals surface area contributed by atoms with Crippen LogP contribution in [0.4, 0.5) is 0 Å². The third-order valence-electron chi connectivity index (χ3n) is 7.59. The van der Waals surface area contributed by atoms with Crippen molar-refractivity contribution in [2.75, 3.05) is 6.54 Å². The van der Waals surface area contributed by atoms with Crippen molar-refractivity contribution in [3.05, 3.63) is 77.9 Å². The summed E-state index contributed by atoms with van der Waals surface area (Å²) in [6.45, 7) is 4.30. The predicted octanol–water partition coefficient (Wildman–Crippen LogP) is 5.61. The van der Waals surface area contributed by atoms with Gasteiger partial charge in [-0.3, -0.25) is 4.79 Å². The van der Waals surface area contributed by atoms with Crippen LogP contribution in [0, 0.1) is 13.8 Å². The van der Waals surface area contributed by atoms with Gasteiger partial charge in [-0.05, 0) is 72.5 Å². The van der Waals surface area contributed by atoms with Crippen LogP contribution in [0.5, 0.6) is 5.75 Å². The zero-order chi connectivity index (χ0) is 27.5. The van der Waals surface area contributed by atoms with Crippen molar-refractivity contribution in [1.29, 1.82) is 0 Å². The SMILES string of the molecule is Cc1ccc(-c2cccc(-c3nc4c(ccc5cc(S(=O)(=O)N6CCC[C@H]6C(=O)O)cc(O)c54)[nH]3)c2)cc1C. The third-order valence-corrected chi connectivity index (χ3v) is 9.48. The van der Waals surface area contributed by atoms with E-state index < -0.39 is 22.0 Å². The van der Waals surface area contributed by atoms with Crippen LogP contribution < -0.4 is 0 Å². The van der Waals surface area contributed by atoms with E-state index in [-0.39, 0.29) is 23.6 Å². The molecule has 5 aromatic rings. The molecule has 9 heteroatoms. The largest absolute Gasteiger partial charge is 0.507 e. The maximum Gasteiger partial charge on any atom is 0.322 e. The minimum absolute atomic E-state index is 0.126. The fourth-order valence-corrected chi connectivity index (χ4v) is 7.05. The number of H-pyrrole nitrogens is 1. The monoisotopic (exact) mass is 541 g/mol. The van der Waals surface area contributed by atoms with E-state index in [0.29, 0.717) is 34.1 Å². The fraction of sp³-hybridized carbons (Fsp3) is 0.200. The summed E-state index contributed by atoms with van der Waals surface area (Å²) < 4.78 is 27.6. The molecule has 0 bridgehead atoms. The highest BCUT2D eigenvalue weighted by atomic mass is 32.2. The Morgan fingerprint density at radius 3 is 2.51 bits per heavy atom. The second-order valence-corrected chi connectivity index (χ2v) is 12.0. The molecule has 8 nitrogen and oxygen atoms in total. The van der Waals surface area contributed by atoms with E-state index in [1.54, 1.807) is 12.1 Å². The highest BCUT2D eigenvalue weighted by Gasteiger charge is 2.39. The van der Waals surface area contributed by atoms with Gasteiger partial charge in [-0.1, -0.05) is 42.5 Å². The summed E-state index contributed by atoms with van der Waals surface area (Å²) in [6.07, 6.45) is 0.729. The molecule has 1 aliphatic rings. The van der Waals surface area contributed by atoms with Gasteiger partial charge in [0.2, 0.25) is 10.0 Å². The summed E-state index contributed by atoms with van der Waals surface area (Å²) in [6, 6.07) is 19.5. The number of carboxylic acid groups (broad SMARTS) is 1. The second kappa shape index (κ2) is 9.21. The quantitative estimate of drug-likeness (QED) is 0.266. The van der Waals surface area contributed by atoms with E-state index in [1.165, 1.54) is 23.3 Å². The molecule has 3 N–H and O–H groups in total. The molecule has 39 heavy (non-hydrogen) atoms. The lowest BCUT2D eigenvalue weighted by Crippen LogP contribution is -2.40. The number of nitrogens with one attached hydrogen (secondary N) is 1. The van der Waals surface area contributed by atoms with Crippen LogP contribution in [0.15, 0.2) is 71.6 Å². The zero-order valence-electron chi connectivity index (χ0n) is 21.5. The molecule has 1 atom stereocenters. The van der Waals surface area contributed by atoms with Gasteiger partial charge < -0.3 is 15.2 Å². The Kier molecular flexibility index (Phi) is 5.93. The first-order chi connectivity index (χ1) is 18.6. The number of imidazole rings is 1. The van der Waals surface area contributed by atoms with Gasteiger partial charge >= 0.3 is 5.97 Å². The molecule has 1 saturated heterocycles. The van der Waals surface area contributed by atoms with Crippen LogP contribution in [-0.2, 0) is 14.8 Å². The number of aliphatic carboxylic acids is 1. The minimum Gasteiger partial charge on any atom is -0.507 e. The lowest BCUT2D eigenvalue weighted by molar-refractivity contribution is -0.140. The Morgan fingerprint density at radius 2 is 1.74 bits per heavy atom. The van der Waals surface area contributed by atoms with E-state index >= 15 is 0 Å². The molecule has 198 valence electrons. The van der Waals surface area contributed by atoms with Crippen LogP contribution in [0.3, 0.4) is 0 Å². The fourth-order valence-electron chi connectivity index (χ4n) is 5.35. The standard InChI is InChI=1S/C30H27N3O5S/c1-17-8-9-20(13-18(17)2)19-5-3-6-22(14-19)29-31-24-11-10-21-15-23(16-26(34)27(21)28(24)32-29)39(37,38)33-12-4-7-25(33)30(35)36/h3,5-6,8-11,13-16,25,34H,4,7,12H2,1-2H3,(H,31,32)(H,35,36)/t25-/m0/s1. The Hall–Kier alpha value is -4.21. The molecule has 0 amide bonds. The lowest BCUT2D eigenvalue weighted by Gasteiger charge is -2.21. The minimum atomic E-state index is -4.11. The molecule has 1 aliphatic heterocycles. The average molecular weight is 542 g/mol. The number of aryl methyl sites for hydroxylation is 2. The van der Waals surface area contributed by atoms with Gasteiger partial charge in [-0.15, -0.1) is 0 Å². The maximum absolute atomic E-state index is 13.3. The van der Waals surface area contributed by atoms with Crippen molar-refractivity contribution in [2.24, 2.45) is 0 Å². The first-order valence-electron chi connectivity index (χ1n) is 12.7. The number of aromatic amines is 1. The number of hydrogen-bond donors (Lipinski definition) is 3. The Labute approximate surface area is 225 Å². The third kappa shape index (κ3) is 4.24. The van der Waals surface area contributed by atoms with Crippen molar-refractivity contribution in [2.45, 2.75) is 37.6 Å². The normalized spacial score (nSPS) is 16.3. The molecule has 0 aliphatic carbocycles. The summed E-state index contributed by atoms with van der Waals surface area (Å²) in [5.41, 5.74) is 6.71. The summed E-state index contributed by atoms with van der Waals surface area (Å²) in [5, 5.41) is 21.4. The highest BCUT2D eigenvalue weighted by Crippen LogP contribution is 2.37. The van der Waals surface area contributed by atoms with Gasteiger partial charge in [0.05, 0.1) is 15.8 Å². The van der Waals surface area contributed by atoms with E-state index in [2.05, 4.69) is 49.2 Å². The Morgan fingerprint density at radius 1 is 0.974 bits per heavy atom. The van der Waals surface area contributed by atoms with Gasteiger partial charge in [0.25, 0.3) is 0 Å². The van der Waals surface area contributed by atoms with Gasteiger partial charge in [0.15, 0.2) is 0 Å². The number of benzene rings is 4. The number of aromatic hydroxyl groups is 1. The number of sulfonamides is 1. The number of aromatic nitrogens is 2. The number of phenolic OH excluding ortho intramolecular Hbond substituents is 1. The number of carboxylic acids is 1. The van der Waals surface area contributed by atoms with Crippen LogP contribution in [0.1, 0.15) is 24.0 Å². The van der Waals surface area contributed by atoms with Crippen molar-refractivity contribution in [3.63, 3.8) is 0 Å². The molecule has 0 saturated carbocycles. The first kappa shape index (κ1) is 25.1. The van der Waals surface area contributed by atoms with Crippen molar-refractivity contribution >= 4 is 37.8 Å². The van der Waals surface area contributed by atoms with Gasteiger partial charge in [0, 0.05) is 18.2 Å². The second-order valence-electron chi connectivity index (χ2n) is 10.1. The molecule has 0 unspecified atom stereocenters. The van der Waals surface area contributed by atoms with E-state index in [4.69, 9.17) is 4.98 Å². The number of nitrogens with zero attached hydrogens (tertiary/aromatic N) is 2. The molecular weight excluding hydrogens is 514 g/mol.